The van der Waals surface area contributed by atoms with Crippen LogP contribution in [0.25, 0.3) is 0 Å². The van der Waals surface area contributed by atoms with Gasteiger partial charge in [-0.05, 0) is 99.0 Å². The Bertz CT molecular complexity index is 2550. The number of nitrogens with one attached hydrogen (secondary N) is 4. The van der Waals surface area contributed by atoms with E-state index in [2.05, 4.69) is 51.2 Å². The molecule has 312 valence electrons. The van der Waals surface area contributed by atoms with E-state index in [1.54, 1.807) is 37.3 Å². The number of aryl methyl sites for hydroxylation is 2. The molecule has 0 aliphatic carbocycles. The standard InChI is InChI=1S/C44H45FN12O4/c1-26-11-13-30(14-12-26)60-32-20-56(21-32)43-48-24-46-41(54-43)52-37-9-5-7-35(28(37)3)50-39(58)17-18-40(59)51-36-8-6-10-38(29(36)4)53-42-47-25-49-44(55-42)57-22-33(23-57)61-31-15-16-34(45)27(2)19-31/h5-16,19,24-25,32-33H,17-18,20-23H2,1-4H3,(H,50,58)(H,51,59)(H,46,48,52,54)(H,47,49,53,55). The van der Waals surface area contributed by atoms with Gasteiger partial charge in [0.2, 0.25) is 35.6 Å². The van der Waals surface area contributed by atoms with Gasteiger partial charge in [0, 0.05) is 35.6 Å². The number of aromatic nitrogens is 6. The van der Waals surface area contributed by atoms with Gasteiger partial charge >= 0.3 is 0 Å². The molecule has 2 aromatic heterocycles. The van der Waals surface area contributed by atoms with Gasteiger partial charge in [0.25, 0.3) is 0 Å². The number of carbonyl (C=O) groups is 2. The maximum atomic E-state index is 13.6. The molecule has 2 aliphatic heterocycles. The second-order valence-electron chi connectivity index (χ2n) is 15.0. The predicted octanol–water partition coefficient (Wildman–Crippen LogP) is 6.81. The Kier molecular flexibility index (Phi) is 11.8. The van der Waals surface area contributed by atoms with Gasteiger partial charge in [-0.15, -0.1) is 0 Å². The molecule has 17 heteroatoms. The smallest absolute Gasteiger partial charge is 0.232 e. The van der Waals surface area contributed by atoms with Crippen LogP contribution in [0.15, 0.2) is 91.5 Å². The lowest BCUT2D eigenvalue weighted by Crippen LogP contribution is -2.54. The molecule has 4 heterocycles. The van der Waals surface area contributed by atoms with E-state index in [4.69, 9.17) is 9.47 Å². The normalized spacial score (nSPS) is 13.8. The first-order valence-corrected chi connectivity index (χ1v) is 19.9. The van der Waals surface area contributed by atoms with E-state index in [1.807, 2.05) is 73.0 Å². The summed E-state index contributed by atoms with van der Waals surface area (Å²) in [6.07, 6.45) is 2.80. The van der Waals surface area contributed by atoms with Gasteiger partial charge in [0.1, 0.15) is 42.2 Å². The zero-order valence-corrected chi connectivity index (χ0v) is 34.1. The van der Waals surface area contributed by atoms with Crippen LogP contribution in [0.5, 0.6) is 11.5 Å². The van der Waals surface area contributed by atoms with Crippen molar-refractivity contribution in [3.63, 3.8) is 0 Å². The Labute approximate surface area is 352 Å². The third kappa shape index (κ3) is 9.89. The molecule has 2 amide bonds. The van der Waals surface area contributed by atoms with Crippen molar-refractivity contribution in [1.29, 1.82) is 0 Å². The number of carbonyl (C=O) groups excluding carboxylic acids is 2. The number of amides is 2. The number of hydrogen-bond donors (Lipinski definition) is 4. The molecule has 4 aromatic carbocycles. The summed E-state index contributed by atoms with van der Waals surface area (Å²) < 4.78 is 25.7. The summed E-state index contributed by atoms with van der Waals surface area (Å²) in [5.41, 5.74) is 5.85. The van der Waals surface area contributed by atoms with E-state index >= 15 is 0 Å². The fourth-order valence-corrected chi connectivity index (χ4v) is 6.75. The van der Waals surface area contributed by atoms with Gasteiger partial charge in [-0.1, -0.05) is 29.8 Å². The van der Waals surface area contributed by atoms with Crippen molar-refractivity contribution in [3.8, 4) is 11.5 Å². The molecule has 16 nitrogen and oxygen atoms in total. The monoisotopic (exact) mass is 824 g/mol. The molecular formula is C44H45FN12O4. The Morgan fingerprint density at radius 3 is 1.57 bits per heavy atom. The van der Waals surface area contributed by atoms with E-state index in [0.717, 1.165) is 16.9 Å². The fourth-order valence-electron chi connectivity index (χ4n) is 6.75. The number of benzene rings is 4. The second-order valence-corrected chi connectivity index (χ2v) is 15.0. The number of rotatable bonds is 15. The molecule has 0 bridgehead atoms. The van der Waals surface area contributed by atoms with Gasteiger partial charge in [0.15, 0.2) is 0 Å². The van der Waals surface area contributed by atoms with E-state index < -0.39 is 0 Å². The van der Waals surface area contributed by atoms with Crippen LogP contribution in [-0.2, 0) is 9.59 Å². The fraction of sp³-hybridized carbons (Fsp3) is 0.273. The minimum Gasteiger partial charge on any atom is -0.487 e. The van der Waals surface area contributed by atoms with E-state index in [9.17, 15) is 14.0 Å². The van der Waals surface area contributed by atoms with Crippen molar-refractivity contribution in [2.24, 2.45) is 0 Å². The average Bonchev–Trinajstić information content (AvgIpc) is 3.22. The van der Waals surface area contributed by atoms with Crippen molar-refractivity contribution >= 4 is 58.4 Å². The SMILES string of the molecule is Cc1ccc(OC2CN(c3ncnc(Nc4cccc(NC(=O)CCC(=O)Nc5cccc(Nc6ncnc(N7CC(Oc8ccc(F)c(C)c8)C7)n6)c5C)c4C)n3)C2)cc1. The molecule has 6 aromatic rings. The van der Waals surface area contributed by atoms with Crippen molar-refractivity contribution in [2.75, 3.05) is 57.2 Å². The zero-order chi connectivity index (χ0) is 42.5. The zero-order valence-electron chi connectivity index (χ0n) is 34.1. The molecular weight excluding hydrogens is 780 g/mol. The second kappa shape index (κ2) is 17.8. The number of halogens is 1. The molecule has 2 aliphatic rings. The maximum absolute atomic E-state index is 13.6. The Morgan fingerprint density at radius 2 is 1.08 bits per heavy atom. The van der Waals surface area contributed by atoms with Crippen molar-refractivity contribution in [2.45, 2.75) is 52.7 Å². The van der Waals surface area contributed by atoms with E-state index in [-0.39, 0.29) is 42.7 Å². The molecule has 0 spiro atoms. The number of hydrogen-bond acceptors (Lipinski definition) is 14. The highest BCUT2D eigenvalue weighted by atomic mass is 19.1. The van der Waals surface area contributed by atoms with Gasteiger partial charge in [-0.3, -0.25) is 9.59 Å². The van der Waals surface area contributed by atoms with Crippen LogP contribution < -0.4 is 40.5 Å². The van der Waals surface area contributed by atoms with Gasteiger partial charge < -0.3 is 40.5 Å². The highest BCUT2D eigenvalue weighted by Gasteiger charge is 2.32. The quantitative estimate of drug-likeness (QED) is 0.0847. The minimum atomic E-state index is -0.309. The first-order valence-electron chi connectivity index (χ1n) is 19.9. The Hall–Kier alpha value is -7.43. The van der Waals surface area contributed by atoms with Crippen LogP contribution in [0.2, 0.25) is 0 Å². The molecule has 0 atom stereocenters. The number of ether oxygens (including phenoxy) is 2. The van der Waals surface area contributed by atoms with E-state index in [1.165, 1.54) is 24.3 Å². The summed E-state index contributed by atoms with van der Waals surface area (Å²) in [7, 11) is 0. The summed E-state index contributed by atoms with van der Waals surface area (Å²) >= 11 is 0. The molecule has 0 unspecified atom stereocenters. The lowest BCUT2D eigenvalue weighted by molar-refractivity contribution is -0.121. The van der Waals surface area contributed by atoms with Gasteiger partial charge in [0.05, 0.1) is 26.2 Å². The summed E-state index contributed by atoms with van der Waals surface area (Å²) in [5, 5.41) is 12.3. The lowest BCUT2D eigenvalue weighted by Gasteiger charge is -2.38. The molecule has 4 N–H and O–H groups in total. The van der Waals surface area contributed by atoms with Crippen LogP contribution >= 0.6 is 0 Å². The van der Waals surface area contributed by atoms with Crippen molar-refractivity contribution in [3.05, 3.63) is 120 Å². The van der Waals surface area contributed by atoms with Crippen molar-refractivity contribution < 1.29 is 23.5 Å². The van der Waals surface area contributed by atoms with Gasteiger partial charge in [-0.2, -0.15) is 9.97 Å². The molecule has 61 heavy (non-hydrogen) atoms. The highest BCUT2D eigenvalue weighted by Crippen LogP contribution is 2.29. The summed E-state index contributed by atoms with van der Waals surface area (Å²) in [5.74, 6) is 2.31. The molecule has 2 saturated heterocycles. The Morgan fingerprint density at radius 1 is 0.623 bits per heavy atom. The lowest BCUT2D eigenvalue weighted by atomic mass is 10.1. The third-order valence-corrected chi connectivity index (χ3v) is 10.4. The predicted molar refractivity (Wildman–Crippen MR) is 231 cm³/mol. The Balaban J connectivity index is 0.796. The molecule has 2 fully saturated rings. The maximum Gasteiger partial charge on any atom is 0.232 e. The largest absolute Gasteiger partial charge is 0.487 e. The van der Waals surface area contributed by atoms with Crippen LogP contribution in [0.3, 0.4) is 0 Å². The summed E-state index contributed by atoms with van der Waals surface area (Å²) in [4.78, 5) is 56.5. The number of anilines is 8. The van der Waals surface area contributed by atoms with Crippen LogP contribution in [0.4, 0.5) is 50.9 Å². The molecule has 0 radical (unpaired) electrons. The molecule has 0 saturated carbocycles. The topological polar surface area (TPSA) is 185 Å². The summed E-state index contributed by atoms with van der Waals surface area (Å²) in [6, 6.07) is 23.6. The minimum absolute atomic E-state index is 0.0270. The van der Waals surface area contributed by atoms with Crippen LogP contribution in [0, 0.1) is 33.5 Å². The first-order chi connectivity index (χ1) is 29.5. The third-order valence-electron chi connectivity index (χ3n) is 10.4. The van der Waals surface area contributed by atoms with Crippen LogP contribution in [0.1, 0.15) is 35.1 Å². The average molecular weight is 825 g/mol. The van der Waals surface area contributed by atoms with Gasteiger partial charge in [-0.25, -0.2) is 24.3 Å². The highest BCUT2D eigenvalue weighted by molar-refractivity contribution is 5.98. The molecule has 8 rings (SSSR count). The van der Waals surface area contributed by atoms with Crippen LogP contribution in [-0.4, -0.2) is 80.1 Å². The number of nitrogens with zero attached hydrogens (tertiary/aromatic N) is 8. The van der Waals surface area contributed by atoms with Crippen molar-refractivity contribution in [1.82, 2.24) is 29.9 Å². The van der Waals surface area contributed by atoms with E-state index in [0.29, 0.717) is 84.0 Å². The summed E-state index contributed by atoms with van der Waals surface area (Å²) in [6.45, 7) is 9.93. The first kappa shape index (κ1) is 40.4.